The van der Waals surface area contributed by atoms with Crippen LogP contribution in [0.25, 0.3) is 0 Å². The van der Waals surface area contributed by atoms with E-state index in [0.29, 0.717) is 30.0 Å². The van der Waals surface area contributed by atoms with E-state index in [9.17, 15) is 18.0 Å². The number of aromatic amines is 1. The van der Waals surface area contributed by atoms with Crippen molar-refractivity contribution in [1.29, 1.82) is 0 Å². The number of rotatable bonds is 5. The number of nitrogens with one attached hydrogen (secondary N) is 2. The van der Waals surface area contributed by atoms with Gasteiger partial charge in [0, 0.05) is 30.2 Å². The molecule has 1 saturated heterocycles. The molecule has 1 aromatic heterocycles. The number of H-pyrrole nitrogens is 1. The second kappa shape index (κ2) is 8.28. The standard InChI is InChI=1S/C20H25N3O5S/c1-13-17(19(24)23-11-5-4-6-12-23)18(14(2)21-13)29(26,27)22-16-9-7-15(8-10-16)20(25)28-3/h7-10,21-22H,4-6,11-12H2,1-3H3. The van der Waals surface area contributed by atoms with E-state index in [1.165, 1.54) is 31.4 Å². The summed E-state index contributed by atoms with van der Waals surface area (Å²) in [7, 11) is -2.75. The summed E-state index contributed by atoms with van der Waals surface area (Å²) in [4.78, 5) is 29.3. The zero-order valence-electron chi connectivity index (χ0n) is 16.7. The van der Waals surface area contributed by atoms with Gasteiger partial charge < -0.3 is 14.6 Å². The molecule has 9 heteroatoms. The Kier molecular flexibility index (Phi) is 5.97. The average molecular weight is 420 g/mol. The molecule has 3 rings (SSSR count). The largest absolute Gasteiger partial charge is 0.465 e. The fraction of sp³-hybridized carbons (Fsp3) is 0.400. The Morgan fingerprint density at radius 1 is 1.03 bits per heavy atom. The van der Waals surface area contributed by atoms with Crippen LogP contribution in [0.1, 0.15) is 51.4 Å². The Labute approximate surface area is 170 Å². The van der Waals surface area contributed by atoms with Gasteiger partial charge in [-0.2, -0.15) is 0 Å². The summed E-state index contributed by atoms with van der Waals surface area (Å²) in [6.07, 6.45) is 2.91. The van der Waals surface area contributed by atoms with Crippen LogP contribution in [-0.2, 0) is 14.8 Å². The Bertz CT molecular complexity index is 1020. The number of sulfonamides is 1. The average Bonchev–Trinajstić information content (AvgIpc) is 3.02. The molecule has 2 N–H and O–H groups in total. The molecule has 1 fully saturated rings. The van der Waals surface area contributed by atoms with Crippen LogP contribution >= 0.6 is 0 Å². The third-order valence-corrected chi connectivity index (χ3v) is 6.55. The Morgan fingerprint density at radius 2 is 1.66 bits per heavy atom. The van der Waals surface area contributed by atoms with Gasteiger partial charge in [-0.05, 0) is 57.4 Å². The number of carbonyl (C=O) groups excluding carboxylic acids is 2. The molecule has 2 heterocycles. The van der Waals surface area contributed by atoms with Gasteiger partial charge in [0.25, 0.3) is 15.9 Å². The summed E-state index contributed by atoms with van der Waals surface area (Å²) in [6.45, 7) is 4.60. The van der Waals surface area contributed by atoms with E-state index >= 15 is 0 Å². The molecule has 2 aromatic rings. The molecule has 156 valence electrons. The molecular weight excluding hydrogens is 394 g/mol. The first-order chi connectivity index (χ1) is 13.7. The second-order valence-electron chi connectivity index (χ2n) is 7.11. The predicted octanol–water partition coefficient (Wildman–Crippen LogP) is 2.85. The molecule has 0 unspecified atom stereocenters. The fourth-order valence-electron chi connectivity index (χ4n) is 3.61. The van der Waals surface area contributed by atoms with Gasteiger partial charge in [0.1, 0.15) is 4.90 Å². The highest BCUT2D eigenvalue weighted by Crippen LogP contribution is 2.28. The smallest absolute Gasteiger partial charge is 0.337 e. The van der Waals surface area contributed by atoms with Crippen LogP contribution in [0.15, 0.2) is 29.2 Å². The first-order valence-electron chi connectivity index (χ1n) is 9.44. The Morgan fingerprint density at radius 3 is 2.24 bits per heavy atom. The number of piperidine rings is 1. The SMILES string of the molecule is COC(=O)c1ccc(NS(=O)(=O)c2c(C)[nH]c(C)c2C(=O)N2CCCCC2)cc1. The normalized spacial score (nSPS) is 14.5. The number of esters is 1. The van der Waals surface area contributed by atoms with E-state index in [4.69, 9.17) is 0 Å². The number of methoxy groups -OCH3 is 1. The van der Waals surface area contributed by atoms with E-state index in [-0.39, 0.29) is 22.1 Å². The highest BCUT2D eigenvalue weighted by molar-refractivity contribution is 7.92. The lowest BCUT2D eigenvalue weighted by atomic mass is 10.1. The van der Waals surface area contributed by atoms with Crippen LogP contribution in [0.5, 0.6) is 0 Å². The lowest BCUT2D eigenvalue weighted by Gasteiger charge is -2.27. The molecule has 29 heavy (non-hydrogen) atoms. The van der Waals surface area contributed by atoms with E-state index in [1.807, 2.05) is 0 Å². The van der Waals surface area contributed by atoms with E-state index in [2.05, 4.69) is 14.4 Å². The third-order valence-electron chi connectivity index (χ3n) is 5.00. The van der Waals surface area contributed by atoms with Gasteiger partial charge >= 0.3 is 5.97 Å². The molecule has 8 nitrogen and oxygen atoms in total. The number of hydrogen-bond donors (Lipinski definition) is 2. The highest BCUT2D eigenvalue weighted by atomic mass is 32.2. The predicted molar refractivity (Wildman–Crippen MR) is 109 cm³/mol. The zero-order chi connectivity index (χ0) is 21.2. The minimum atomic E-state index is -4.02. The summed E-state index contributed by atoms with van der Waals surface area (Å²) in [5.41, 5.74) is 1.71. The maximum atomic E-state index is 13.1. The van der Waals surface area contributed by atoms with Crippen molar-refractivity contribution in [3.63, 3.8) is 0 Å². The Hall–Kier alpha value is -2.81. The van der Waals surface area contributed by atoms with Crippen molar-refractivity contribution >= 4 is 27.6 Å². The number of hydrogen-bond acceptors (Lipinski definition) is 5. The van der Waals surface area contributed by atoms with Crippen LogP contribution < -0.4 is 4.72 Å². The van der Waals surface area contributed by atoms with Crippen molar-refractivity contribution in [2.45, 2.75) is 38.0 Å². The maximum Gasteiger partial charge on any atom is 0.337 e. The monoisotopic (exact) mass is 419 g/mol. The molecule has 1 aliphatic heterocycles. The number of carbonyl (C=O) groups is 2. The number of ether oxygens (including phenoxy) is 1. The molecule has 0 atom stereocenters. The summed E-state index contributed by atoms with van der Waals surface area (Å²) in [6, 6.07) is 5.90. The first kappa shape index (κ1) is 20.9. The zero-order valence-corrected chi connectivity index (χ0v) is 17.6. The van der Waals surface area contributed by atoms with Crippen molar-refractivity contribution in [2.75, 3.05) is 24.9 Å². The van der Waals surface area contributed by atoms with Gasteiger partial charge in [0.05, 0.1) is 18.2 Å². The molecule has 0 spiro atoms. The molecule has 0 bridgehead atoms. The molecule has 0 aliphatic carbocycles. The molecule has 1 amide bonds. The first-order valence-corrected chi connectivity index (χ1v) is 10.9. The number of nitrogens with zero attached hydrogens (tertiary/aromatic N) is 1. The number of likely N-dealkylation sites (tertiary alicyclic amines) is 1. The quantitative estimate of drug-likeness (QED) is 0.725. The summed E-state index contributed by atoms with van der Waals surface area (Å²) in [5.74, 6) is -0.779. The van der Waals surface area contributed by atoms with Gasteiger partial charge in [-0.1, -0.05) is 0 Å². The van der Waals surface area contributed by atoms with Crippen LogP contribution in [0.3, 0.4) is 0 Å². The number of benzene rings is 1. The van der Waals surface area contributed by atoms with Crippen molar-refractivity contribution in [3.8, 4) is 0 Å². The number of amides is 1. The van der Waals surface area contributed by atoms with E-state index in [0.717, 1.165) is 19.3 Å². The van der Waals surface area contributed by atoms with Gasteiger partial charge in [0.15, 0.2) is 0 Å². The minimum Gasteiger partial charge on any atom is -0.465 e. The minimum absolute atomic E-state index is 0.0392. The van der Waals surface area contributed by atoms with Crippen molar-refractivity contribution in [1.82, 2.24) is 9.88 Å². The summed E-state index contributed by atoms with van der Waals surface area (Å²) < 4.78 is 33.4. The summed E-state index contributed by atoms with van der Waals surface area (Å²) >= 11 is 0. The molecule has 1 aromatic carbocycles. The van der Waals surface area contributed by atoms with Crippen LogP contribution in [-0.4, -0.2) is 50.4 Å². The lowest BCUT2D eigenvalue weighted by molar-refractivity contribution is 0.0600. The molecule has 0 saturated carbocycles. The van der Waals surface area contributed by atoms with Crippen molar-refractivity contribution < 1.29 is 22.7 Å². The van der Waals surface area contributed by atoms with Gasteiger partial charge in [-0.15, -0.1) is 0 Å². The van der Waals surface area contributed by atoms with Gasteiger partial charge in [-0.25, -0.2) is 13.2 Å². The van der Waals surface area contributed by atoms with Crippen molar-refractivity contribution in [2.24, 2.45) is 0 Å². The lowest BCUT2D eigenvalue weighted by Crippen LogP contribution is -2.36. The maximum absolute atomic E-state index is 13.1. The topological polar surface area (TPSA) is 109 Å². The fourth-order valence-corrected chi connectivity index (χ4v) is 5.12. The van der Waals surface area contributed by atoms with Crippen LogP contribution in [0.4, 0.5) is 5.69 Å². The number of aromatic nitrogens is 1. The second-order valence-corrected chi connectivity index (χ2v) is 8.73. The number of aryl methyl sites for hydroxylation is 2. The third kappa shape index (κ3) is 4.29. The van der Waals surface area contributed by atoms with E-state index < -0.39 is 16.0 Å². The van der Waals surface area contributed by atoms with Crippen LogP contribution in [0.2, 0.25) is 0 Å². The van der Waals surface area contributed by atoms with Gasteiger partial charge in [0.2, 0.25) is 0 Å². The van der Waals surface area contributed by atoms with Gasteiger partial charge in [-0.3, -0.25) is 9.52 Å². The highest BCUT2D eigenvalue weighted by Gasteiger charge is 2.32. The summed E-state index contributed by atoms with van der Waals surface area (Å²) in [5, 5.41) is 0. The molecular formula is C20H25N3O5S. The molecule has 1 aliphatic rings. The Balaban J connectivity index is 1.92. The van der Waals surface area contributed by atoms with Crippen molar-refractivity contribution in [3.05, 3.63) is 46.8 Å². The van der Waals surface area contributed by atoms with E-state index in [1.54, 1.807) is 18.7 Å². The molecule has 0 radical (unpaired) electrons. The number of anilines is 1. The van der Waals surface area contributed by atoms with Crippen LogP contribution in [0, 0.1) is 13.8 Å².